The van der Waals surface area contributed by atoms with Crippen molar-refractivity contribution in [2.45, 2.75) is 6.92 Å². The number of amides is 2. The molecule has 2 amide bonds. The highest BCUT2D eigenvalue weighted by Crippen LogP contribution is 2.34. The molecule has 0 saturated carbocycles. The van der Waals surface area contributed by atoms with Crippen LogP contribution in [-0.4, -0.2) is 48.6 Å². The highest BCUT2D eigenvalue weighted by atomic mass is 19.1. The molecular weight excluding hydrogens is 363 g/mol. The zero-order valence-corrected chi connectivity index (χ0v) is 15.7. The number of benzene rings is 2. The van der Waals surface area contributed by atoms with Crippen LogP contribution in [0.15, 0.2) is 54.2 Å². The Morgan fingerprint density at radius 1 is 1.04 bits per heavy atom. The summed E-state index contributed by atoms with van der Waals surface area (Å²) in [4.78, 5) is 28.8. The van der Waals surface area contributed by atoms with Crippen LogP contribution in [0, 0.1) is 5.82 Å². The van der Waals surface area contributed by atoms with E-state index >= 15 is 0 Å². The number of hydrogen-bond donors (Lipinski definition) is 1. The zero-order valence-electron chi connectivity index (χ0n) is 15.7. The molecule has 0 unspecified atom stereocenters. The molecule has 0 atom stereocenters. The van der Waals surface area contributed by atoms with Crippen LogP contribution in [0.3, 0.4) is 0 Å². The maximum Gasteiger partial charge on any atom is 0.282 e. The molecule has 7 heteroatoms. The lowest BCUT2D eigenvalue weighted by Crippen LogP contribution is -2.34. The predicted octanol–water partition coefficient (Wildman–Crippen LogP) is 2.43. The molecule has 3 rings (SSSR count). The summed E-state index contributed by atoms with van der Waals surface area (Å²) in [6, 6.07) is 12.1. The van der Waals surface area contributed by atoms with Gasteiger partial charge in [-0.15, -0.1) is 0 Å². The number of ether oxygens (including phenoxy) is 1. The van der Waals surface area contributed by atoms with Crippen LogP contribution in [0.4, 0.5) is 10.1 Å². The molecule has 2 aromatic carbocycles. The van der Waals surface area contributed by atoms with E-state index in [4.69, 9.17) is 4.74 Å². The Bertz CT molecular complexity index is 907. The molecule has 0 fully saturated rings. The SMILES string of the molecule is CCOc1ccc(C2=C(N(C)CCO)C(=O)N(c3ccc(F)cc3)C2=O)cc1. The van der Waals surface area contributed by atoms with E-state index in [1.807, 2.05) is 6.92 Å². The van der Waals surface area contributed by atoms with Crippen molar-refractivity contribution in [3.63, 3.8) is 0 Å². The summed E-state index contributed by atoms with van der Waals surface area (Å²) in [6.45, 7) is 2.40. The van der Waals surface area contributed by atoms with Gasteiger partial charge in [0.1, 0.15) is 17.3 Å². The Morgan fingerprint density at radius 2 is 1.68 bits per heavy atom. The molecule has 1 aliphatic heterocycles. The van der Waals surface area contributed by atoms with Gasteiger partial charge in [-0.05, 0) is 48.9 Å². The van der Waals surface area contributed by atoms with Gasteiger partial charge in [-0.2, -0.15) is 0 Å². The van der Waals surface area contributed by atoms with Crippen LogP contribution in [0.1, 0.15) is 12.5 Å². The van der Waals surface area contributed by atoms with Crippen molar-refractivity contribution in [2.75, 3.05) is 31.7 Å². The maximum absolute atomic E-state index is 13.3. The third kappa shape index (κ3) is 3.61. The van der Waals surface area contributed by atoms with E-state index in [1.54, 1.807) is 36.2 Å². The monoisotopic (exact) mass is 384 g/mol. The number of rotatable bonds is 7. The smallest absolute Gasteiger partial charge is 0.282 e. The van der Waals surface area contributed by atoms with Crippen LogP contribution in [0.25, 0.3) is 5.57 Å². The summed E-state index contributed by atoms with van der Waals surface area (Å²) in [5.41, 5.74) is 1.26. The van der Waals surface area contributed by atoms with Crippen LogP contribution in [0.5, 0.6) is 5.75 Å². The quantitative estimate of drug-likeness (QED) is 0.743. The Kier molecular flexibility index (Phi) is 5.75. The Balaban J connectivity index is 2.06. The number of carbonyl (C=O) groups is 2. The average molecular weight is 384 g/mol. The first-order valence-electron chi connectivity index (χ1n) is 8.91. The predicted molar refractivity (Wildman–Crippen MR) is 103 cm³/mol. The second-order valence-electron chi connectivity index (χ2n) is 6.25. The number of likely N-dealkylation sites (N-methyl/N-ethyl adjacent to an activating group) is 1. The van der Waals surface area contributed by atoms with Crippen molar-refractivity contribution in [1.82, 2.24) is 4.90 Å². The minimum atomic E-state index is -0.517. The minimum Gasteiger partial charge on any atom is -0.494 e. The number of carbonyl (C=O) groups excluding carboxylic acids is 2. The zero-order chi connectivity index (χ0) is 20.3. The Labute approximate surface area is 162 Å². The molecule has 0 aromatic heterocycles. The first-order valence-corrected chi connectivity index (χ1v) is 8.91. The number of aliphatic hydroxyl groups excluding tert-OH is 1. The van der Waals surface area contributed by atoms with Crippen molar-refractivity contribution in [3.05, 3.63) is 65.6 Å². The number of hydrogen-bond acceptors (Lipinski definition) is 5. The molecule has 1 N–H and O–H groups in total. The van der Waals surface area contributed by atoms with E-state index in [0.29, 0.717) is 17.9 Å². The molecule has 0 bridgehead atoms. The van der Waals surface area contributed by atoms with Gasteiger partial charge < -0.3 is 14.7 Å². The van der Waals surface area contributed by atoms with E-state index < -0.39 is 17.6 Å². The Morgan fingerprint density at radius 3 is 2.25 bits per heavy atom. The number of aliphatic hydroxyl groups is 1. The molecule has 0 radical (unpaired) electrons. The summed E-state index contributed by atoms with van der Waals surface area (Å²) in [6.07, 6.45) is 0. The van der Waals surface area contributed by atoms with Gasteiger partial charge in [-0.3, -0.25) is 9.59 Å². The van der Waals surface area contributed by atoms with Gasteiger partial charge in [0.2, 0.25) is 0 Å². The van der Waals surface area contributed by atoms with Crippen LogP contribution >= 0.6 is 0 Å². The molecule has 146 valence electrons. The van der Waals surface area contributed by atoms with Gasteiger partial charge in [-0.25, -0.2) is 9.29 Å². The van der Waals surface area contributed by atoms with Gasteiger partial charge in [0.25, 0.3) is 11.8 Å². The van der Waals surface area contributed by atoms with Crippen molar-refractivity contribution in [3.8, 4) is 5.75 Å². The van der Waals surface area contributed by atoms with Crippen LogP contribution < -0.4 is 9.64 Å². The van der Waals surface area contributed by atoms with Crippen LogP contribution in [-0.2, 0) is 9.59 Å². The summed E-state index contributed by atoms with van der Waals surface area (Å²) in [5.74, 6) is -0.818. The van der Waals surface area contributed by atoms with Crippen molar-refractivity contribution in [2.24, 2.45) is 0 Å². The first-order chi connectivity index (χ1) is 13.5. The lowest BCUT2D eigenvalue weighted by atomic mass is 10.0. The number of halogens is 1. The molecule has 1 heterocycles. The van der Waals surface area contributed by atoms with E-state index in [9.17, 15) is 19.1 Å². The van der Waals surface area contributed by atoms with Gasteiger partial charge in [0, 0.05) is 13.6 Å². The molecule has 0 aliphatic carbocycles. The molecule has 0 spiro atoms. The van der Waals surface area contributed by atoms with Gasteiger partial charge in [0.15, 0.2) is 0 Å². The molecule has 28 heavy (non-hydrogen) atoms. The lowest BCUT2D eigenvalue weighted by Gasteiger charge is -2.20. The third-order valence-corrected chi connectivity index (χ3v) is 4.42. The minimum absolute atomic E-state index is 0.172. The van der Waals surface area contributed by atoms with Crippen molar-refractivity contribution in [1.29, 1.82) is 0 Å². The third-order valence-electron chi connectivity index (χ3n) is 4.42. The fraction of sp³-hybridized carbons (Fsp3) is 0.238. The van der Waals surface area contributed by atoms with Crippen molar-refractivity contribution >= 4 is 23.1 Å². The molecule has 2 aromatic rings. The Hall–Kier alpha value is -3.19. The second kappa shape index (κ2) is 8.22. The lowest BCUT2D eigenvalue weighted by molar-refractivity contribution is -0.120. The normalized spacial score (nSPS) is 14.1. The highest BCUT2D eigenvalue weighted by Gasteiger charge is 2.41. The summed E-state index contributed by atoms with van der Waals surface area (Å²) < 4.78 is 18.7. The highest BCUT2D eigenvalue weighted by molar-refractivity contribution is 6.45. The van der Waals surface area contributed by atoms with Gasteiger partial charge >= 0.3 is 0 Å². The standard InChI is InChI=1S/C21H21FN2O4/c1-3-28-17-10-4-14(5-11-17)18-19(23(2)12-13-25)21(27)24(20(18)26)16-8-6-15(22)7-9-16/h4-11,25H,3,12-13H2,1-2H3. The number of imide groups is 1. The van der Waals surface area contributed by atoms with Crippen molar-refractivity contribution < 1.29 is 23.8 Å². The molecule has 1 aliphatic rings. The van der Waals surface area contributed by atoms with Gasteiger partial charge in [0.05, 0.1) is 24.5 Å². The summed E-state index contributed by atoms with van der Waals surface area (Å²) in [7, 11) is 1.64. The topological polar surface area (TPSA) is 70.1 Å². The average Bonchev–Trinajstić information content (AvgIpc) is 2.94. The molecule has 0 saturated heterocycles. The van der Waals surface area contributed by atoms with E-state index in [2.05, 4.69) is 0 Å². The summed E-state index contributed by atoms with van der Waals surface area (Å²) >= 11 is 0. The summed E-state index contributed by atoms with van der Waals surface area (Å²) in [5, 5.41) is 9.28. The van der Waals surface area contributed by atoms with E-state index in [0.717, 1.165) is 4.90 Å². The largest absolute Gasteiger partial charge is 0.494 e. The van der Waals surface area contributed by atoms with E-state index in [-0.39, 0.29) is 30.1 Å². The maximum atomic E-state index is 13.3. The number of nitrogens with zero attached hydrogens (tertiary/aromatic N) is 2. The fourth-order valence-electron chi connectivity index (χ4n) is 3.10. The molecular formula is C21H21FN2O4. The van der Waals surface area contributed by atoms with Crippen LogP contribution in [0.2, 0.25) is 0 Å². The fourth-order valence-corrected chi connectivity index (χ4v) is 3.10. The second-order valence-corrected chi connectivity index (χ2v) is 6.25. The van der Waals surface area contributed by atoms with Gasteiger partial charge in [-0.1, -0.05) is 12.1 Å². The van der Waals surface area contributed by atoms with E-state index in [1.165, 1.54) is 24.3 Å². The first kappa shape index (κ1) is 19.6. The molecule has 6 nitrogen and oxygen atoms in total. The number of anilines is 1.